The number of hydrogen-bond acceptors (Lipinski definition) is 3. The molecular formula is C11H21N3O4. The van der Waals surface area contributed by atoms with Crippen molar-refractivity contribution in [1.29, 1.82) is 0 Å². The molecule has 7 nitrogen and oxygen atoms in total. The second-order valence-electron chi connectivity index (χ2n) is 4.32. The molecule has 18 heavy (non-hydrogen) atoms. The quantitative estimate of drug-likeness (QED) is 0.619. The number of rotatable bonds is 6. The van der Waals surface area contributed by atoms with Crippen molar-refractivity contribution in [1.82, 2.24) is 15.5 Å². The van der Waals surface area contributed by atoms with Gasteiger partial charge in [-0.15, -0.1) is 0 Å². The first kappa shape index (κ1) is 16.2. The number of carbonyl (C=O) groups is 3. The maximum absolute atomic E-state index is 11.4. The number of aliphatic carboxylic acids is 1. The Hall–Kier alpha value is -1.79. The Morgan fingerprint density at radius 3 is 2.22 bits per heavy atom. The Labute approximate surface area is 107 Å². The highest BCUT2D eigenvalue weighted by Gasteiger charge is 2.25. The number of hydrogen-bond donors (Lipinski definition) is 3. The minimum atomic E-state index is -1.08. The lowest BCUT2D eigenvalue weighted by Gasteiger charge is -2.20. The van der Waals surface area contributed by atoms with Crippen LogP contribution in [0.1, 0.15) is 20.3 Å². The van der Waals surface area contributed by atoms with E-state index >= 15 is 0 Å². The van der Waals surface area contributed by atoms with E-state index in [1.807, 2.05) is 6.92 Å². The fourth-order valence-electron chi connectivity index (χ4n) is 1.19. The average Bonchev–Trinajstić information content (AvgIpc) is 2.31. The van der Waals surface area contributed by atoms with Crippen LogP contribution in [0.4, 0.5) is 4.79 Å². The van der Waals surface area contributed by atoms with Gasteiger partial charge in [-0.05, 0) is 5.92 Å². The second kappa shape index (κ2) is 7.52. The zero-order valence-electron chi connectivity index (χ0n) is 11.2. The van der Waals surface area contributed by atoms with Crippen LogP contribution in [-0.4, -0.2) is 54.6 Å². The number of carbonyl (C=O) groups excluding carboxylic acids is 2. The number of carboxylic acids is 1. The molecule has 0 bridgehead atoms. The third kappa shape index (κ3) is 5.51. The van der Waals surface area contributed by atoms with Gasteiger partial charge < -0.3 is 20.6 Å². The van der Waals surface area contributed by atoms with Crippen molar-refractivity contribution in [3.8, 4) is 0 Å². The maximum Gasteiger partial charge on any atom is 0.326 e. The third-order valence-electron chi connectivity index (χ3n) is 2.66. The zero-order chi connectivity index (χ0) is 14.3. The highest BCUT2D eigenvalue weighted by molar-refractivity contribution is 5.86. The van der Waals surface area contributed by atoms with Crippen molar-refractivity contribution in [3.63, 3.8) is 0 Å². The first-order valence-corrected chi connectivity index (χ1v) is 5.76. The summed E-state index contributed by atoms with van der Waals surface area (Å²) in [6.07, 6.45) is 0.633. The minimum absolute atomic E-state index is 0.161. The number of amides is 3. The van der Waals surface area contributed by atoms with E-state index in [0.29, 0.717) is 6.42 Å². The van der Waals surface area contributed by atoms with Gasteiger partial charge in [-0.2, -0.15) is 0 Å². The van der Waals surface area contributed by atoms with Crippen LogP contribution in [0.25, 0.3) is 0 Å². The molecule has 0 rings (SSSR count). The molecule has 0 saturated carbocycles. The summed E-state index contributed by atoms with van der Waals surface area (Å²) in [7, 11) is 3.14. The number of carboxylic acid groups (broad SMARTS) is 1. The van der Waals surface area contributed by atoms with E-state index in [9.17, 15) is 14.4 Å². The molecule has 7 heteroatoms. The molecule has 0 radical (unpaired) electrons. The molecule has 0 saturated heterocycles. The van der Waals surface area contributed by atoms with Crippen LogP contribution in [0.5, 0.6) is 0 Å². The van der Waals surface area contributed by atoms with Gasteiger partial charge in [0.2, 0.25) is 5.91 Å². The highest BCUT2D eigenvalue weighted by Crippen LogP contribution is 2.07. The van der Waals surface area contributed by atoms with Gasteiger partial charge in [-0.1, -0.05) is 20.3 Å². The summed E-state index contributed by atoms with van der Waals surface area (Å²) in [5.74, 6) is -1.53. The number of likely N-dealkylation sites (N-methyl/N-ethyl adjacent to an activating group) is 1. The number of nitrogens with one attached hydrogen (secondary N) is 2. The SMILES string of the molecule is CCC(C)C(NC(=O)NCC(=O)N(C)C)C(=O)O. The van der Waals surface area contributed by atoms with Gasteiger partial charge >= 0.3 is 12.0 Å². The van der Waals surface area contributed by atoms with Crippen LogP contribution in [0.15, 0.2) is 0 Å². The third-order valence-corrected chi connectivity index (χ3v) is 2.66. The summed E-state index contributed by atoms with van der Waals surface area (Å²) < 4.78 is 0. The molecule has 0 aliphatic carbocycles. The zero-order valence-corrected chi connectivity index (χ0v) is 11.2. The largest absolute Gasteiger partial charge is 0.480 e. The second-order valence-corrected chi connectivity index (χ2v) is 4.32. The van der Waals surface area contributed by atoms with Crippen molar-refractivity contribution in [3.05, 3.63) is 0 Å². The maximum atomic E-state index is 11.4. The first-order valence-electron chi connectivity index (χ1n) is 5.76. The van der Waals surface area contributed by atoms with Crippen LogP contribution in [0.2, 0.25) is 0 Å². The molecule has 0 aromatic heterocycles. The lowest BCUT2D eigenvalue weighted by Crippen LogP contribution is -2.50. The Kier molecular flexibility index (Phi) is 6.77. The molecule has 0 aromatic rings. The summed E-state index contributed by atoms with van der Waals surface area (Å²) in [6.45, 7) is 3.42. The molecule has 0 fully saturated rings. The van der Waals surface area contributed by atoms with Gasteiger partial charge in [0.1, 0.15) is 6.04 Å². The minimum Gasteiger partial charge on any atom is -0.480 e. The highest BCUT2D eigenvalue weighted by atomic mass is 16.4. The first-order chi connectivity index (χ1) is 8.29. The van der Waals surface area contributed by atoms with Crippen LogP contribution in [-0.2, 0) is 9.59 Å². The molecule has 3 N–H and O–H groups in total. The van der Waals surface area contributed by atoms with Crippen LogP contribution < -0.4 is 10.6 Å². The molecule has 0 aromatic carbocycles. The molecule has 2 unspecified atom stereocenters. The van der Waals surface area contributed by atoms with E-state index in [0.717, 1.165) is 0 Å². The summed E-state index contributed by atoms with van der Waals surface area (Å²) in [5, 5.41) is 13.6. The lowest BCUT2D eigenvalue weighted by atomic mass is 9.99. The molecule has 2 atom stereocenters. The van der Waals surface area contributed by atoms with E-state index in [1.54, 1.807) is 21.0 Å². The lowest BCUT2D eigenvalue weighted by molar-refractivity contribution is -0.140. The van der Waals surface area contributed by atoms with Gasteiger partial charge in [-0.3, -0.25) is 4.79 Å². The van der Waals surface area contributed by atoms with Gasteiger partial charge in [-0.25, -0.2) is 9.59 Å². The standard InChI is InChI=1S/C11H21N3O4/c1-5-7(2)9(10(16)17)13-11(18)12-6-8(15)14(3)4/h7,9H,5-6H2,1-4H3,(H,16,17)(H2,12,13,18). The Morgan fingerprint density at radius 1 is 1.28 bits per heavy atom. The van der Waals surface area contributed by atoms with E-state index in [-0.39, 0.29) is 18.4 Å². The molecule has 104 valence electrons. The predicted octanol–water partition coefficient (Wildman–Crippen LogP) is -0.127. The summed E-state index contributed by atoms with van der Waals surface area (Å²) in [6, 6.07) is -1.61. The fourth-order valence-corrected chi connectivity index (χ4v) is 1.19. The number of urea groups is 1. The van der Waals surface area contributed by atoms with Crippen LogP contribution in [0.3, 0.4) is 0 Å². The molecule has 0 heterocycles. The molecule has 3 amide bonds. The summed E-state index contributed by atoms with van der Waals surface area (Å²) in [5.41, 5.74) is 0. The van der Waals surface area contributed by atoms with Gasteiger partial charge in [0.15, 0.2) is 0 Å². The molecule has 0 spiro atoms. The fraction of sp³-hybridized carbons (Fsp3) is 0.727. The van der Waals surface area contributed by atoms with Crippen molar-refractivity contribution < 1.29 is 19.5 Å². The molecule has 0 aliphatic heterocycles. The van der Waals surface area contributed by atoms with Gasteiger partial charge in [0, 0.05) is 14.1 Å². The average molecular weight is 259 g/mol. The van der Waals surface area contributed by atoms with Crippen molar-refractivity contribution in [2.75, 3.05) is 20.6 Å². The topological polar surface area (TPSA) is 98.7 Å². The smallest absolute Gasteiger partial charge is 0.326 e. The molecular weight excluding hydrogens is 238 g/mol. The van der Waals surface area contributed by atoms with Gasteiger partial charge in [0.25, 0.3) is 0 Å². The molecule has 0 aliphatic rings. The van der Waals surface area contributed by atoms with Crippen molar-refractivity contribution in [2.24, 2.45) is 5.92 Å². The summed E-state index contributed by atoms with van der Waals surface area (Å²) >= 11 is 0. The Bertz CT molecular complexity index is 317. The van der Waals surface area contributed by atoms with Crippen LogP contribution in [0, 0.1) is 5.92 Å². The Morgan fingerprint density at radius 2 is 1.83 bits per heavy atom. The normalized spacial score (nSPS) is 13.3. The van der Waals surface area contributed by atoms with E-state index in [2.05, 4.69) is 10.6 Å². The van der Waals surface area contributed by atoms with Gasteiger partial charge in [0.05, 0.1) is 6.54 Å². The van der Waals surface area contributed by atoms with E-state index in [4.69, 9.17) is 5.11 Å². The van der Waals surface area contributed by atoms with E-state index < -0.39 is 18.0 Å². The van der Waals surface area contributed by atoms with Crippen molar-refractivity contribution >= 4 is 17.9 Å². The van der Waals surface area contributed by atoms with E-state index in [1.165, 1.54) is 4.90 Å². The monoisotopic (exact) mass is 259 g/mol. The number of nitrogens with zero attached hydrogens (tertiary/aromatic N) is 1. The Balaban J connectivity index is 4.27. The summed E-state index contributed by atoms with van der Waals surface area (Å²) in [4.78, 5) is 35.0. The van der Waals surface area contributed by atoms with Crippen LogP contribution >= 0.6 is 0 Å². The van der Waals surface area contributed by atoms with Crippen molar-refractivity contribution in [2.45, 2.75) is 26.3 Å². The predicted molar refractivity (Wildman–Crippen MR) is 66.1 cm³/mol.